The van der Waals surface area contributed by atoms with E-state index in [0.717, 1.165) is 24.2 Å². The van der Waals surface area contributed by atoms with Crippen molar-refractivity contribution in [2.45, 2.75) is 25.8 Å². The summed E-state index contributed by atoms with van der Waals surface area (Å²) in [4.78, 5) is 22.8. The Labute approximate surface area is 105 Å². The van der Waals surface area contributed by atoms with Gasteiger partial charge in [0.25, 0.3) is 5.91 Å². The molecule has 96 valence electrons. The van der Waals surface area contributed by atoms with Crippen molar-refractivity contribution in [1.29, 1.82) is 0 Å². The van der Waals surface area contributed by atoms with Crippen LogP contribution in [0, 0.1) is 0 Å². The fourth-order valence-electron chi connectivity index (χ4n) is 2.03. The van der Waals surface area contributed by atoms with Crippen molar-refractivity contribution in [2.75, 3.05) is 11.9 Å². The van der Waals surface area contributed by atoms with Gasteiger partial charge in [-0.25, -0.2) is 4.79 Å². The maximum absolute atomic E-state index is 11.9. The second kappa shape index (κ2) is 5.08. The summed E-state index contributed by atoms with van der Waals surface area (Å²) >= 11 is 0. The van der Waals surface area contributed by atoms with Gasteiger partial charge < -0.3 is 15.7 Å². The molecule has 5 nitrogen and oxygen atoms in total. The van der Waals surface area contributed by atoms with Crippen LogP contribution in [0.15, 0.2) is 18.2 Å². The smallest absolute Gasteiger partial charge is 0.326 e. The van der Waals surface area contributed by atoms with E-state index in [9.17, 15) is 9.59 Å². The summed E-state index contributed by atoms with van der Waals surface area (Å²) in [5.41, 5.74) is 2.67. The molecule has 1 aromatic rings. The normalized spacial score (nSPS) is 14.5. The highest BCUT2D eigenvalue weighted by atomic mass is 16.4. The van der Waals surface area contributed by atoms with Crippen LogP contribution < -0.4 is 10.6 Å². The molecule has 1 aromatic carbocycles. The Bertz CT molecular complexity index is 485. The monoisotopic (exact) mass is 248 g/mol. The second-order valence-electron chi connectivity index (χ2n) is 4.32. The number of hydrogen-bond donors (Lipinski definition) is 3. The minimum Gasteiger partial charge on any atom is -0.480 e. The predicted molar refractivity (Wildman–Crippen MR) is 67.8 cm³/mol. The number of hydrogen-bond acceptors (Lipinski definition) is 3. The third-order valence-corrected chi connectivity index (χ3v) is 3.09. The van der Waals surface area contributed by atoms with Crippen LogP contribution in [0.4, 0.5) is 5.69 Å². The highest BCUT2D eigenvalue weighted by Crippen LogP contribution is 2.22. The van der Waals surface area contributed by atoms with E-state index in [4.69, 9.17) is 5.11 Å². The minimum atomic E-state index is -1.01. The van der Waals surface area contributed by atoms with Gasteiger partial charge in [-0.05, 0) is 36.6 Å². The van der Waals surface area contributed by atoms with Gasteiger partial charge in [-0.2, -0.15) is 0 Å². The summed E-state index contributed by atoms with van der Waals surface area (Å²) in [6.45, 7) is 2.61. The van der Waals surface area contributed by atoms with Crippen molar-refractivity contribution in [3.05, 3.63) is 29.3 Å². The first-order valence-electron chi connectivity index (χ1n) is 6.02. The van der Waals surface area contributed by atoms with Gasteiger partial charge in [-0.1, -0.05) is 6.92 Å². The zero-order valence-electron chi connectivity index (χ0n) is 10.2. The van der Waals surface area contributed by atoms with Crippen LogP contribution in [-0.2, 0) is 11.2 Å². The molecule has 0 fully saturated rings. The molecular formula is C13H16N2O3. The molecule has 2 rings (SSSR count). The Hall–Kier alpha value is -2.04. The second-order valence-corrected chi connectivity index (χ2v) is 4.32. The molecule has 1 amide bonds. The van der Waals surface area contributed by atoms with E-state index in [-0.39, 0.29) is 5.91 Å². The molecule has 0 aliphatic carbocycles. The van der Waals surface area contributed by atoms with E-state index >= 15 is 0 Å². The Balaban J connectivity index is 2.12. The summed E-state index contributed by atoms with van der Waals surface area (Å²) < 4.78 is 0. The number of carboxylic acid groups (broad SMARTS) is 1. The van der Waals surface area contributed by atoms with Gasteiger partial charge in [0.05, 0.1) is 0 Å². The first-order valence-corrected chi connectivity index (χ1v) is 6.02. The lowest BCUT2D eigenvalue weighted by atomic mass is 10.1. The predicted octanol–water partition coefficient (Wildman–Crippen LogP) is 1.25. The van der Waals surface area contributed by atoms with Gasteiger partial charge in [0.2, 0.25) is 0 Å². The van der Waals surface area contributed by atoms with Crippen LogP contribution in [0.2, 0.25) is 0 Å². The number of carbonyl (C=O) groups is 2. The quantitative estimate of drug-likeness (QED) is 0.749. The largest absolute Gasteiger partial charge is 0.480 e. The van der Waals surface area contributed by atoms with Gasteiger partial charge in [0.15, 0.2) is 0 Å². The summed E-state index contributed by atoms with van der Waals surface area (Å²) in [5.74, 6) is -1.34. The summed E-state index contributed by atoms with van der Waals surface area (Å²) in [7, 11) is 0. The first kappa shape index (κ1) is 12.4. The van der Waals surface area contributed by atoms with Crippen molar-refractivity contribution in [3.8, 4) is 0 Å². The van der Waals surface area contributed by atoms with E-state index in [0.29, 0.717) is 12.0 Å². The van der Waals surface area contributed by atoms with E-state index < -0.39 is 12.0 Å². The minimum absolute atomic E-state index is 0.334. The molecule has 0 saturated carbocycles. The summed E-state index contributed by atoms with van der Waals surface area (Å²) in [6.07, 6.45) is 1.26. The number of fused-ring (bicyclic) bond motifs is 1. The topological polar surface area (TPSA) is 78.4 Å². The van der Waals surface area contributed by atoms with Gasteiger partial charge >= 0.3 is 5.97 Å². The van der Waals surface area contributed by atoms with Gasteiger partial charge in [0.1, 0.15) is 6.04 Å². The maximum atomic E-state index is 11.9. The maximum Gasteiger partial charge on any atom is 0.326 e. The first-order chi connectivity index (χ1) is 8.61. The average molecular weight is 248 g/mol. The number of nitrogens with one attached hydrogen (secondary N) is 2. The number of aliphatic carboxylic acids is 1. The number of amides is 1. The lowest BCUT2D eigenvalue weighted by molar-refractivity contribution is -0.139. The molecule has 1 atom stereocenters. The number of benzene rings is 1. The highest BCUT2D eigenvalue weighted by molar-refractivity contribution is 5.97. The van der Waals surface area contributed by atoms with Gasteiger partial charge in [-0.3, -0.25) is 4.79 Å². The molecule has 18 heavy (non-hydrogen) atoms. The van der Waals surface area contributed by atoms with Crippen LogP contribution >= 0.6 is 0 Å². The molecule has 0 spiro atoms. The molecular weight excluding hydrogens is 232 g/mol. The van der Waals surface area contributed by atoms with Crippen molar-refractivity contribution >= 4 is 17.6 Å². The SMILES string of the molecule is CC[C@@H](NC(=O)c1ccc2c(c1)CCN2)C(=O)O. The van der Waals surface area contributed by atoms with E-state index in [2.05, 4.69) is 10.6 Å². The molecule has 0 unspecified atom stereocenters. The van der Waals surface area contributed by atoms with Crippen molar-refractivity contribution in [2.24, 2.45) is 0 Å². The zero-order valence-corrected chi connectivity index (χ0v) is 10.2. The molecule has 0 bridgehead atoms. The van der Waals surface area contributed by atoms with E-state index in [1.54, 1.807) is 13.0 Å². The molecule has 0 radical (unpaired) electrons. The summed E-state index contributed by atoms with van der Waals surface area (Å²) in [6, 6.07) is 4.56. The number of anilines is 1. The van der Waals surface area contributed by atoms with Crippen LogP contribution in [0.1, 0.15) is 29.3 Å². The van der Waals surface area contributed by atoms with Crippen LogP contribution in [0.3, 0.4) is 0 Å². The number of rotatable bonds is 4. The van der Waals surface area contributed by atoms with E-state index in [1.165, 1.54) is 0 Å². The molecule has 0 saturated heterocycles. The van der Waals surface area contributed by atoms with Crippen LogP contribution in [0.25, 0.3) is 0 Å². The highest BCUT2D eigenvalue weighted by Gasteiger charge is 2.19. The van der Waals surface area contributed by atoms with Crippen molar-refractivity contribution in [1.82, 2.24) is 5.32 Å². The third kappa shape index (κ3) is 2.45. The third-order valence-electron chi connectivity index (χ3n) is 3.09. The lowest BCUT2D eigenvalue weighted by Gasteiger charge is -2.12. The Morgan fingerprint density at radius 1 is 1.50 bits per heavy atom. The standard InChI is InChI=1S/C13H16N2O3/c1-2-10(13(17)18)15-12(16)9-3-4-11-8(7-9)5-6-14-11/h3-4,7,10,14H,2,5-6H2,1H3,(H,15,16)(H,17,18)/t10-/m1/s1. The fraction of sp³-hybridized carbons (Fsp3) is 0.385. The number of carbonyl (C=O) groups excluding carboxylic acids is 1. The Kier molecular flexibility index (Phi) is 3.50. The molecule has 3 N–H and O–H groups in total. The molecule has 5 heteroatoms. The van der Waals surface area contributed by atoms with Crippen LogP contribution in [0.5, 0.6) is 0 Å². The van der Waals surface area contributed by atoms with Gasteiger partial charge in [-0.15, -0.1) is 0 Å². The van der Waals surface area contributed by atoms with E-state index in [1.807, 2.05) is 12.1 Å². The Morgan fingerprint density at radius 2 is 2.28 bits per heavy atom. The Morgan fingerprint density at radius 3 is 2.94 bits per heavy atom. The molecule has 1 heterocycles. The van der Waals surface area contributed by atoms with Crippen molar-refractivity contribution in [3.63, 3.8) is 0 Å². The molecule has 1 aliphatic rings. The zero-order chi connectivity index (χ0) is 13.1. The molecule has 1 aliphatic heterocycles. The lowest BCUT2D eigenvalue weighted by Crippen LogP contribution is -2.40. The van der Waals surface area contributed by atoms with Crippen LogP contribution in [-0.4, -0.2) is 29.6 Å². The summed E-state index contributed by atoms with van der Waals surface area (Å²) in [5, 5.41) is 14.6. The average Bonchev–Trinajstić information content (AvgIpc) is 2.82. The van der Waals surface area contributed by atoms with Gasteiger partial charge in [0, 0.05) is 17.8 Å². The molecule has 0 aromatic heterocycles. The fourth-order valence-corrected chi connectivity index (χ4v) is 2.03. The number of carboxylic acids is 1. The van der Waals surface area contributed by atoms with Crippen molar-refractivity contribution < 1.29 is 14.7 Å².